The van der Waals surface area contributed by atoms with Crippen molar-refractivity contribution >= 4 is 0 Å². The monoisotopic (exact) mass is 266 g/mol. The number of aryl methyl sites for hydroxylation is 1. The predicted molar refractivity (Wildman–Crippen MR) is 79.3 cm³/mol. The molecule has 2 N–H and O–H groups in total. The van der Waals surface area contributed by atoms with Gasteiger partial charge >= 0.3 is 0 Å². The second kappa shape index (κ2) is 6.23. The fourth-order valence-electron chi connectivity index (χ4n) is 1.96. The highest BCUT2D eigenvalue weighted by Crippen LogP contribution is 2.18. The van der Waals surface area contributed by atoms with Gasteiger partial charge in [0, 0.05) is 6.04 Å². The third-order valence-corrected chi connectivity index (χ3v) is 3.27. The number of ether oxygens (including phenoxy) is 1. The molecule has 0 aromatic heterocycles. The highest BCUT2D eigenvalue weighted by molar-refractivity contribution is 5.37. The Morgan fingerprint density at radius 1 is 1.20 bits per heavy atom. The predicted octanol–water partition coefficient (Wildman–Crippen LogP) is 3.47. The minimum atomic E-state index is 0.0322. The topological polar surface area (TPSA) is 59.0 Å². The van der Waals surface area contributed by atoms with E-state index in [2.05, 4.69) is 6.07 Å². The van der Waals surface area contributed by atoms with E-state index in [9.17, 15) is 0 Å². The van der Waals surface area contributed by atoms with Gasteiger partial charge in [0.25, 0.3) is 0 Å². The number of nitriles is 1. The smallest absolute Gasteiger partial charge is 0.119 e. The second-order valence-corrected chi connectivity index (χ2v) is 4.90. The zero-order chi connectivity index (χ0) is 14.5. The summed E-state index contributed by atoms with van der Waals surface area (Å²) in [6.45, 7) is 4.43. The molecule has 0 spiro atoms. The Bertz CT molecular complexity index is 624. The Kier molecular flexibility index (Phi) is 4.39. The summed E-state index contributed by atoms with van der Waals surface area (Å²) < 4.78 is 5.76. The van der Waals surface area contributed by atoms with Crippen LogP contribution in [0.2, 0.25) is 0 Å². The maximum Gasteiger partial charge on any atom is 0.119 e. The Balaban J connectivity index is 2.03. The Labute approximate surface area is 119 Å². The van der Waals surface area contributed by atoms with Crippen molar-refractivity contribution in [2.75, 3.05) is 0 Å². The molecular weight excluding hydrogens is 248 g/mol. The first kappa shape index (κ1) is 14.1. The summed E-state index contributed by atoms with van der Waals surface area (Å²) in [7, 11) is 0. The van der Waals surface area contributed by atoms with Crippen molar-refractivity contribution in [3.8, 4) is 11.8 Å². The first-order valence-electron chi connectivity index (χ1n) is 6.58. The van der Waals surface area contributed by atoms with E-state index in [4.69, 9.17) is 15.7 Å². The summed E-state index contributed by atoms with van der Waals surface area (Å²) in [5.41, 5.74) is 9.72. The zero-order valence-corrected chi connectivity index (χ0v) is 11.8. The lowest BCUT2D eigenvalue weighted by Gasteiger charge is -2.10. The van der Waals surface area contributed by atoms with E-state index in [1.165, 1.54) is 0 Å². The van der Waals surface area contributed by atoms with Crippen molar-refractivity contribution < 1.29 is 4.74 Å². The highest BCUT2D eigenvalue weighted by Gasteiger charge is 2.03. The van der Waals surface area contributed by atoms with Crippen LogP contribution in [0.15, 0.2) is 42.5 Å². The van der Waals surface area contributed by atoms with Crippen molar-refractivity contribution in [3.63, 3.8) is 0 Å². The Morgan fingerprint density at radius 3 is 2.45 bits per heavy atom. The lowest BCUT2D eigenvalue weighted by Crippen LogP contribution is -2.04. The first-order chi connectivity index (χ1) is 9.60. The maximum absolute atomic E-state index is 8.84. The van der Waals surface area contributed by atoms with Crippen LogP contribution >= 0.6 is 0 Å². The van der Waals surface area contributed by atoms with E-state index in [-0.39, 0.29) is 6.04 Å². The lowest BCUT2D eigenvalue weighted by molar-refractivity contribution is 0.305. The van der Waals surface area contributed by atoms with E-state index in [1.807, 2.05) is 56.3 Å². The molecule has 102 valence electrons. The summed E-state index contributed by atoms with van der Waals surface area (Å²) in [4.78, 5) is 0. The number of benzene rings is 2. The molecule has 20 heavy (non-hydrogen) atoms. The van der Waals surface area contributed by atoms with Crippen molar-refractivity contribution in [2.45, 2.75) is 26.5 Å². The quantitative estimate of drug-likeness (QED) is 0.921. The number of nitrogens with two attached hydrogens (primary N) is 1. The van der Waals surface area contributed by atoms with Gasteiger partial charge in [-0.1, -0.05) is 18.2 Å². The average molecular weight is 266 g/mol. The van der Waals surface area contributed by atoms with Gasteiger partial charge in [-0.15, -0.1) is 0 Å². The number of hydrogen-bond acceptors (Lipinski definition) is 3. The summed E-state index contributed by atoms with van der Waals surface area (Å²) in [6, 6.07) is 15.6. The molecule has 0 heterocycles. The van der Waals surface area contributed by atoms with Gasteiger partial charge in [-0.05, 0) is 54.8 Å². The van der Waals surface area contributed by atoms with E-state index in [0.717, 1.165) is 22.4 Å². The molecule has 2 rings (SSSR count). The second-order valence-electron chi connectivity index (χ2n) is 4.90. The van der Waals surface area contributed by atoms with E-state index >= 15 is 0 Å². The molecule has 0 aliphatic carbocycles. The van der Waals surface area contributed by atoms with Crippen LogP contribution in [0.25, 0.3) is 0 Å². The van der Waals surface area contributed by atoms with Crippen LogP contribution < -0.4 is 10.5 Å². The molecule has 0 fully saturated rings. The van der Waals surface area contributed by atoms with Gasteiger partial charge in [0.15, 0.2) is 0 Å². The molecule has 0 aliphatic heterocycles. The molecule has 0 saturated carbocycles. The van der Waals surface area contributed by atoms with Gasteiger partial charge in [0.2, 0.25) is 0 Å². The van der Waals surface area contributed by atoms with Gasteiger partial charge in [-0.25, -0.2) is 0 Å². The molecule has 1 unspecified atom stereocenters. The molecule has 2 aromatic rings. The van der Waals surface area contributed by atoms with Crippen LogP contribution in [0, 0.1) is 18.3 Å². The van der Waals surface area contributed by atoms with Crippen LogP contribution in [-0.2, 0) is 6.61 Å². The van der Waals surface area contributed by atoms with Gasteiger partial charge in [-0.2, -0.15) is 5.26 Å². The highest BCUT2D eigenvalue weighted by atomic mass is 16.5. The standard InChI is InChI=1S/C17H18N2O/c1-12-9-14(10-18)3-4-16(12)11-20-17-7-5-15(6-8-17)13(2)19/h3-9,13H,11,19H2,1-2H3. The SMILES string of the molecule is Cc1cc(C#N)ccc1COc1ccc(C(C)N)cc1. The van der Waals surface area contributed by atoms with Crippen LogP contribution in [0.5, 0.6) is 5.75 Å². The number of hydrogen-bond donors (Lipinski definition) is 1. The number of rotatable bonds is 4. The van der Waals surface area contributed by atoms with E-state index in [0.29, 0.717) is 12.2 Å². The van der Waals surface area contributed by atoms with Gasteiger partial charge in [0.05, 0.1) is 11.6 Å². The lowest BCUT2D eigenvalue weighted by atomic mass is 10.1. The molecule has 3 heteroatoms. The van der Waals surface area contributed by atoms with E-state index < -0.39 is 0 Å². The minimum absolute atomic E-state index is 0.0322. The third kappa shape index (κ3) is 3.37. The molecule has 0 radical (unpaired) electrons. The summed E-state index contributed by atoms with van der Waals surface area (Å²) in [6.07, 6.45) is 0. The fourth-order valence-corrected chi connectivity index (χ4v) is 1.96. The first-order valence-corrected chi connectivity index (χ1v) is 6.58. The van der Waals surface area contributed by atoms with Crippen molar-refractivity contribution in [1.82, 2.24) is 0 Å². The largest absolute Gasteiger partial charge is 0.489 e. The molecule has 0 amide bonds. The number of nitrogens with zero attached hydrogens (tertiary/aromatic N) is 1. The minimum Gasteiger partial charge on any atom is -0.489 e. The van der Waals surface area contributed by atoms with Crippen LogP contribution in [0.3, 0.4) is 0 Å². The summed E-state index contributed by atoms with van der Waals surface area (Å²) in [5.74, 6) is 0.818. The van der Waals surface area contributed by atoms with Gasteiger partial charge in [-0.3, -0.25) is 0 Å². The summed E-state index contributed by atoms with van der Waals surface area (Å²) in [5, 5.41) is 8.84. The molecule has 3 nitrogen and oxygen atoms in total. The normalized spacial score (nSPS) is 11.7. The van der Waals surface area contributed by atoms with E-state index in [1.54, 1.807) is 0 Å². The van der Waals surface area contributed by atoms with Gasteiger partial charge in [0.1, 0.15) is 12.4 Å². The third-order valence-electron chi connectivity index (χ3n) is 3.27. The van der Waals surface area contributed by atoms with Crippen molar-refractivity contribution in [1.29, 1.82) is 5.26 Å². The molecule has 0 saturated heterocycles. The zero-order valence-electron chi connectivity index (χ0n) is 11.8. The van der Waals surface area contributed by atoms with Crippen molar-refractivity contribution in [3.05, 3.63) is 64.7 Å². The van der Waals surface area contributed by atoms with Crippen LogP contribution in [-0.4, -0.2) is 0 Å². The van der Waals surface area contributed by atoms with Crippen LogP contribution in [0.4, 0.5) is 0 Å². The molecule has 2 aromatic carbocycles. The fraction of sp³-hybridized carbons (Fsp3) is 0.235. The van der Waals surface area contributed by atoms with Gasteiger partial charge < -0.3 is 10.5 Å². The molecular formula is C17H18N2O. The molecule has 0 bridgehead atoms. The summed E-state index contributed by atoms with van der Waals surface area (Å²) >= 11 is 0. The average Bonchev–Trinajstić information content (AvgIpc) is 2.46. The van der Waals surface area contributed by atoms with Crippen LogP contribution in [0.1, 0.15) is 35.2 Å². The maximum atomic E-state index is 8.84. The van der Waals surface area contributed by atoms with Crippen molar-refractivity contribution in [2.24, 2.45) is 5.73 Å². The molecule has 0 aliphatic rings. The Hall–Kier alpha value is -2.31. The Morgan fingerprint density at radius 2 is 1.90 bits per heavy atom. The molecule has 1 atom stereocenters.